The van der Waals surface area contributed by atoms with E-state index in [1.807, 2.05) is 24.3 Å². The molecule has 2 heterocycles. The molecule has 0 saturated carbocycles. The first-order valence-corrected chi connectivity index (χ1v) is 10.0. The molecule has 0 aliphatic carbocycles. The van der Waals surface area contributed by atoms with Crippen LogP contribution in [0, 0.1) is 22.6 Å². The van der Waals surface area contributed by atoms with Crippen molar-refractivity contribution < 1.29 is 18.4 Å². The van der Waals surface area contributed by atoms with Gasteiger partial charge in [0, 0.05) is 32.2 Å². The van der Waals surface area contributed by atoms with Crippen molar-refractivity contribution in [3.63, 3.8) is 0 Å². The van der Waals surface area contributed by atoms with Gasteiger partial charge in [0.2, 0.25) is 11.8 Å². The van der Waals surface area contributed by atoms with Gasteiger partial charge in [-0.1, -0.05) is 24.3 Å². The molecule has 31 heavy (non-hydrogen) atoms. The SMILES string of the molecule is CN1C(=O)Cc2ccc(-c3ccc(C[C@@H](C#N)NC(=O)C4(CF)CNC4)c(F)c3)cc21. The summed E-state index contributed by atoms with van der Waals surface area (Å²) < 4.78 is 28.1. The van der Waals surface area contributed by atoms with Gasteiger partial charge < -0.3 is 15.5 Å². The van der Waals surface area contributed by atoms with Gasteiger partial charge in [0.05, 0.1) is 12.5 Å². The fraction of sp³-hybridized carbons (Fsp3) is 0.348. The van der Waals surface area contributed by atoms with Gasteiger partial charge >= 0.3 is 0 Å². The highest BCUT2D eigenvalue weighted by Crippen LogP contribution is 2.33. The average Bonchev–Trinajstić information content (AvgIpc) is 3.01. The second-order valence-corrected chi connectivity index (χ2v) is 8.16. The van der Waals surface area contributed by atoms with Crippen LogP contribution in [0.4, 0.5) is 14.5 Å². The van der Waals surface area contributed by atoms with Crippen LogP contribution in [0.1, 0.15) is 11.1 Å². The molecule has 1 fully saturated rings. The molecule has 2 aromatic carbocycles. The van der Waals surface area contributed by atoms with E-state index < -0.39 is 29.9 Å². The smallest absolute Gasteiger partial charge is 0.232 e. The minimum atomic E-state index is -1.14. The molecule has 0 bridgehead atoms. The number of nitrogens with zero attached hydrogens (tertiary/aromatic N) is 2. The molecule has 2 aromatic rings. The minimum absolute atomic E-state index is 0.0190. The number of nitrogens with one attached hydrogen (secondary N) is 2. The number of rotatable bonds is 6. The zero-order chi connectivity index (χ0) is 22.2. The highest BCUT2D eigenvalue weighted by atomic mass is 19.1. The van der Waals surface area contributed by atoms with Crippen LogP contribution in [-0.2, 0) is 22.4 Å². The predicted octanol–water partition coefficient (Wildman–Crippen LogP) is 2.12. The van der Waals surface area contributed by atoms with E-state index in [4.69, 9.17) is 0 Å². The summed E-state index contributed by atoms with van der Waals surface area (Å²) >= 11 is 0. The summed E-state index contributed by atoms with van der Waals surface area (Å²) in [5.74, 6) is -1.01. The number of hydrogen-bond acceptors (Lipinski definition) is 4. The fourth-order valence-electron chi connectivity index (χ4n) is 3.92. The summed E-state index contributed by atoms with van der Waals surface area (Å²) in [5, 5.41) is 14.8. The third-order valence-electron chi connectivity index (χ3n) is 6.10. The molecule has 0 spiro atoms. The van der Waals surface area contributed by atoms with E-state index in [1.54, 1.807) is 24.1 Å². The standard InChI is InChI=1S/C23H22F2N4O2/c1-29-20-8-15(3-5-17(20)9-21(29)30)14-2-4-16(19(25)7-14)6-18(10-26)28-22(31)23(11-24)12-27-13-23/h2-5,7-8,18,27H,6,9,11-13H2,1H3,(H,28,31)/t18-/m0/s1. The van der Waals surface area contributed by atoms with Gasteiger partial charge in [-0.2, -0.15) is 5.26 Å². The normalized spacial score (nSPS) is 17.5. The van der Waals surface area contributed by atoms with Crippen LogP contribution in [0.2, 0.25) is 0 Å². The number of carbonyl (C=O) groups excluding carboxylic acids is 2. The number of halogens is 2. The Morgan fingerprint density at radius 3 is 2.61 bits per heavy atom. The molecule has 6 nitrogen and oxygen atoms in total. The van der Waals surface area contributed by atoms with E-state index >= 15 is 0 Å². The molecular formula is C23H22F2N4O2. The molecule has 2 aliphatic heterocycles. The van der Waals surface area contributed by atoms with E-state index in [9.17, 15) is 23.6 Å². The van der Waals surface area contributed by atoms with Gasteiger partial charge in [0.25, 0.3) is 0 Å². The van der Waals surface area contributed by atoms with Gasteiger partial charge in [-0.3, -0.25) is 9.59 Å². The minimum Gasteiger partial charge on any atom is -0.339 e. The molecule has 2 amide bonds. The Labute approximate surface area is 178 Å². The second kappa shape index (κ2) is 8.08. The molecule has 2 aliphatic rings. The predicted molar refractivity (Wildman–Crippen MR) is 111 cm³/mol. The summed E-state index contributed by atoms with van der Waals surface area (Å²) in [6.07, 6.45) is 0.339. The first-order valence-electron chi connectivity index (χ1n) is 10.0. The monoisotopic (exact) mass is 424 g/mol. The maximum absolute atomic E-state index is 14.8. The number of alkyl halides is 1. The van der Waals surface area contributed by atoms with Gasteiger partial charge in [0.15, 0.2) is 0 Å². The lowest BCUT2D eigenvalue weighted by molar-refractivity contribution is -0.135. The lowest BCUT2D eigenvalue weighted by Gasteiger charge is -2.39. The molecule has 0 unspecified atom stereocenters. The van der Waals surface area contributed by atoms with E-state index in [0.29, 0.717) is 12.0 Å². The number of hydrogen-bond donors (Lipinski definition) is 2. The highest BCUT2D eigenvalue weighted by molar-refractivity contribution is 6.01. The van der Waals surface area contributed by atoms with Crippen LogP contribution in [0.25, 0.3) is 11.1 Å². The van der Waals surface area contributed by atoms with Crippen LogP contribution < -0.4 is 15.5 Å². The van der Waals surface area contributed by atoms with Crippen molar-refractivity contribution in [3.8, 4) is 17.2 Å². The zero-order valence-electron chi connectivity index (χ0n) is 17.0. The molecule has 0 aromatic heterocycles. The van der Waals surface area contributed by atoms with Crippen LogP contribution >= 0.6 is 0 Å². The second-order valence-electron chi connectivity index (χ2n) is 8.16. The Bertz CT molecular complexity index is 1090. The topological polar surface area (TPSA) is 85.2 Å². The number of fused-ring (bicyclic) bond motifs is 1. The number of nitriles is 1. The van der Waals surface area contributed by atoms with E-state index in [0.717, 1.165) is 16.8 Å². The Balaban J connectivity index is 1.50. The summed E-state index contributed by atoms with van der Waals surface area (Å²) in [7, 11) is 1.71. The van der Waals surface area contributed by atoms with Crippen molar-refractivity contribution in [2.75, 3.05) is 31.7 Å². The van der Waals surface area contributed by atoms with E-state index in [-0.39, 0.29) is 31.0 Å². The van der Waals surface area contributed by atoms with Gasteiger partial charge in [-0.25, -0.2) is 8.78 Å². The Hall–Kier alpha value is -3.31. The summed E-state index contributed by atoms with van der Waals surface area (Å²) in [4.78, 5) is 25.8. The quantitative estimate of drug-likeness (QED) is 0.744. The lowest BCUT2D eigenvalue weighted by atomic mass is 9.82. The molecule has 2 N–H and O–H groups in total. The fourth-order valence-corrected chi connectivity index (χ4v) is 3.92. The number of carbonyl (C=O) groups is 2. The summed E-state index contributed by atoms with van der Waals surface area (Å²) in [6.45, 7) is -0.370. The van der Waals surface area contributed by atoms with Crippen molar-refractivity contribution in [3.05, 3.63) is 53.3 Å². The summed E-state index contributed by atoms with van der Waals surface area (Å²) in [6, 6.07) is 11.3. The van der Waals surface area contributed by atoms with Gasteiger partial charge in [-0.05, 0) is 34.4 Å². The molecular weight excluding hydrogens is 402 g/mol. The zero-order valence-corrected chi connectivity index (χ0v) is 17.0. The molecule has 160 valence electrons. The maximum Gasteiger partial charge on any atom is 0.232 e. The first kappa shape index (κ1) is 20.9. The van der Waals surface area contributed by atoms with Crippen molar-refractivity contribution in [2.24, 2.45) is 5.41 Å². The van der Waals surface area contributed by atoms with Crippen LogP contribution in [0.3, 0.4) is 0 Å². The Morgan fingerprint density at radius 1 is 1.29 bits per heavy atom. The van der Waals surface area contributed by atoms with Crippen molar-refractivity contribution in [2.45, 2.75) is 18.9 Å². The van der Waals surface area contributed by atoms with Crippen LogP contribution in [0.15, 0.2) is 36.4 Å². The Morgan fingerprint density at radius 2 is 2.00 bits per heavy atom. The molecule has 1 atom stereocenters. The summed E-state index contributed by atoms with van der Waals surface area (Å²) in [5.41, 5.74) is 2.31. The molecule has 8 heteroatoms. The van der Waals surface area contributed by atoms with E-state index in [2.05, 4.69) is 10.6 Å². The van der Waals surface area contributed by atoms with Crippen LogP contribution in [0.5, 0.6) is 0 Å². The Kier molecular flexibility index (Phi) is 5.46. The van der Waals surface area contributed by atoms with Crippen LogP contribution in [-0.4, -0.2) is 44.7 Å². The van der Waals surface area contributed by atoms with E-state index in [1.165, 1.54) is 6.07 Å². The van der Waals surface area contributed by atoms with Crippen molar-refractivity contribution in [1.82, 2.24) is 10.6 Å². The maximum atomic E-state index is 14.8. The van der Waals surface area contributed by atoms with Gasteiger partial charge in [-0.15, -0.1) is 0 Å². The molecule has 0 radical (unpaired) electrons. The first-order chi connectivity index (χ1) is 14.9. The average molecular weight is 424 g/mol. The third kappa shape index (κ3) is 3.77. The number of anilines is 1. The van der Waals surface area contributed by atoms with Crippen molar-refractivity contribution >= 4 is 17.5 Å². The number of amides is 2. The highest BCUT2D eigenvalue weighted by Gasteiger charge is 2.45. The number of likely N-dealkylation sites (N-methyl/N-ethyl adjacent to an activating group) is 1. The number of benzene rings is 2. The largest absolute Gasteiger partial charge is 0.339 e. The van der Waals surface area contributed by atoms with Crippen molar-refractivity contribution in [1.29, 1.82) is 5.26 Å². The molecule has 1 saturated heterocycles. The third-order valence-corrected chi connectivity index (χ3v) is 6.10. The molecule has 4 rings (SSSR count). The lowest BCUT2D eigenvalue weighted by Crippen LogP contribution is -2.63. The van der Waals surface area contributed by atoms with Gasteiger partial charge in [0.1, 0.15) is 23.9 Å².